The van der Waals surface area contributed by atoms with Crippen molar-refractivity contribution in [3.8, 4) is 11.5 Å². The number of nitrogens with one attached hydrogen (secondary N) is 2. The molecule has 10 nitrogen and oxygen atoms in total. The number of ether oxygens (including phenoxy) is 4. The molecule has 0 saturated heterocycles. The Balaban J connectivity index is 1.77. The Bertz CT molecular complexity index is 1290. The number of carbonyl (C=O) groups is 3. The molecule has 10 heteroatoms. The van der Waals surface area contributed by atoms with E-state index in [1.54, 1.807) is 74.7 Å². The minimum Gasteiger partial charge on any atom is -0.491 e. The Hall–Kier alpha value is -4.70. The van der Waals surface area contributed by atoms with Gasteiger partial charge in [-0.25, -0.2) is 4.79 Å². The van der Waals surface area contributed by atoms with E-state index in [4.69, 9.17) is 30.1 Å². The molecule has 210 valence electrons. The third-order valence-corrected chi connectivity index (χ3v) is 5.80. The molecular formula is C30H33N3O7. The van der Waals surface area contributed by atoms with E-state index in [1.165, 1.54) is 0 Å². The molecule has 0 bridgehead atoms. The van der Waals surface area contributed by atoms with Gasteiger partial charge < -0.3 is 30.0 Å². The van der Waals surface area contributed by atoms with Crippen molar-refractivity contribution in [3.05, 3.63) is 95.1 Å². The molecule has 0 spiro atoms. The number of rotatable bonds is 15. The van der Waals surface area contributed by atoms with Crippen molar-refractivity contribution in [2.45, 2.75) is 19.4 Å². The molecule has 1 atom stereocenters. The maximum absolute atomic E-state index is 13.6. The lowest BCUT2D eigenvalue weighted by molar-refractivity contribution is -0.145. The van der Waals surface area contributed by atoms with Crippen molar-refractivity contribution in [3.63, 3.8) is 0 Å². The molecule has 0 aliphatic carbocycles. The summed E-state index contributed by atoms with van der Waals surface area (Å²) in [5, 5.41) is 10.4. The van der Waals surface area contributed by atoms with Gasteiger partial charge in [0.05, 0.1) is 19.3 Å². The van der Waals surface area contributed by atoms with Crippen molar-refractivity contribution in [1.82, 2.24) is 5.32 Å². The number of methoxy groups -OCH3 is 1. The Kier molecular flexibility index (Phi) is 11.2. The summed E-state index contributed by atoms with van der Waals surface area (Å²) in [6.07, 6.45) is 0.232. The van der Waals surface area contributed by atoms with Crippen LogP contribution in [0.15, 0.2) is 72.8 Å². The molecule has 3 aromatic rings. The fraction of sp³-hybridized carbons (Fsp3) is 0.267. The summed E-state index contributed by atoms with van der Waals surface area (Å²) in [5.41, 5.74) is 7.50. The topological polar surface area (TPSA) is 150 Å². The van der Waals surface area contributed by atoms with Gasteiger partial charge in [-0.1, -0.05) is 24.3 Å². The summed E-state index contributed by atoms with van der Waals surface area (Å²) < 4.78 is 20.9. The van der Waals surface area contributed by atoms with Crippen LogP contribution in [0.5, 0.6) is 11.5 Å². The number of amides is 1. The maximum atomic E-state index is 13.6. The second-order valence-corrected chi connectivity index (χ2v) is 8.69. The van der Waals surface area contributed by atoms with Crippen LogP contribution in [0, 0.1) is 5.41 Å². The molecule has 1 amide bonds. The number of carbonyl (C=O) groups excluding carboxylic acids is 3. The Morgan fingerprint density at radius 3 is 2.00 bits per heavy atom. The van der Waals surface area contributed by atoms with Gasteiger partial charge in [-0.3, -0.25) is 15.0 Å². The molecule has 4 N–H and O–H groups in total. The van der Waals surface area contributed by atoms with Crippen molar-refractivity contribution in [1.29, 1.82) is 5.41 Å². The molecule has 0 aliphatic rings. The van der Waals surface area contributed by atoms with Crippen molar-refractivity contribution in [2.24, 2.45) is 5.73 Å². The van der Waals surface area contributed by atoms with E-state index in [0.29, 0.717) is 41.4 Å². The van der Waals surface area contributed by atoms with E-state index in [0.717, 1.165) is 5.56 Å². The second-order valence-electron chi connectivity index (χ2n) is 8.69. The molecule has 0 radical (unpaired) electrons. The van der Waals surface area contributed by atoms with Crippen LogP contribution >= 0.6 is 0 Å². The quantitative estimate of drug-likeness (QED) is 0.0863. The highest BCUT2D eigenvalue weighted by molar-refractivity contribution is 6.05. The van der Waals surface area contributed by atoms with E-state index >= 15 is 0 Å². The lowest BCUT2D eigenvalue weighted by atomic mass is 9.97. The highest BCUT2D eigenvalue weighted by Crippen LogP contribution is 2.18. The molecule has 40 heavy (non-hydrogen) atoms. The average molecular weight is 548 g/mol. The smallest absolute Gasteiger partial charge is 0.344 e. The summed E-state index contributed by atoms with van der Waals surface area (Å²) in [7, 11) is 1.60. The van der Waals surface area contributed by atoms with Gasteiger partial charge >= 0.3 is 5.97 Å². The van der Waals surface area contributed by atoms with Crippen LogP contribution in [0.2, 0.25) is 0 Å². The number of amidine groups is 1. The van der Waals surface area contributed by atoms with Gasteiger partial charge in [0.2, 0.25) is 0 Å². The minimum absolute atomic E-state index is 0.107. The zero-order valence-corrected chi connectivity index (χ0v) is 22.5. The third kappa shape index (κ3) is 8.95. The lowest BCUT2D eigenvalue weighted by Crippen LogP contribution is -2.42. The molecule has 0 aromatic heterocycles. The van der Waals surface area contributed by atoms with E-state index in [-0.39, 0.29) is 31.3 Å². The number of hydrogen-bond donors (Lipinski definition) is 3. The van der Waals surface area contributed by atoms with E-state index in [1.807, 2.05) is 12.1 Å². The number of esters is 1. The molecule has 0 fully saturated rings. The van der Waals surface area contributed by atoms with Gasteiger partial charge in [-0.05, 0) is 61.0 Å². The summed E-state index contributed by atoms with van der Waals surface area (Å²) in [6, 6.07) is 19.0. The number of nitrogens with two attached hydrogens (primary N) is 1. The first-order valence-electron chi connectivity index (χ1n) is 12.7. The van der Waals surface area contributed by atoms with E-state index in [2.05, 4.69) is 5.32 Å². The zero-order chi connectivity index (χ0) is 28.9. The molecular weight excluding hydrogens is 514 g/mol. The highest BCUT2D eigenvalue weighted by atomic mass is 16.6. The van der Waals surface area contributed by atoms with Gasteiger partial charge in [0.1, 0.15) is 23.9 Å². The van der Waals surface area contributed by atoms with Gasteiger partial charge in [0, 0.05) is 30.2 Å². The first-order valence-corrected chi connectivity index (χ1v) is 12.7. The van der Waals surface area contributed by atoms with Crippen LogP contribution in [0.4, 0.5) is 0 Å². The molecule has 0 aliphatic heterocycles. The summed E-state index contributed by atoms with van der Waals surface area (Å²) >= 11 is 0. The summed E-state index contributed by atoms with van der Waals surface area (Å²) in [4.78, 5) is 38.2. The van der Waals surface area contributed by atoms with Crippen LogP contribution < -0.4 is 20.5 Å². The molecule has 3 aromatic carbocycles. The first kappa shape index (κ1) is 29.9. The first-order chi connectivity index (χ1) is 19.3. The van der Waals surface area contributed by atoms with Crippen LogP contribution in [-0.2, 0) is 20.7 Å². The Labute approximate surface area is 232 Å². The average Bonchev–Trinajstić information content (AvgIpc) is 2.97. The highest BCUT2D eigenvalue weighted by Gasteiger charge is 2.24. The predicted molar refractivity (Wildman–Crippen MR) is 149 cm³/mol. The second kappa shape index (κ2) is 15.0. The van der Waals surface area contributed by atoms with Crippen molar-refractivity contribution < 1.29 is 33.3 Å². The van der Waals surface area contributed by atoms with Gasteiger partial charge in [0.15, 0.2) is 12.4 Å². The normalized spacial score (nSPS) is 11.2. The maximum Gasteiger partial charge on any atom is 0.344 e. The predicted octanol–water partition coefficient (Wildman–Crippen LogP) is 3.16. The minimum atomic E-state index is -0.883. The summed E-state index contributed by atoms with van der Waals surface area (Å²) in [5.74, 6) is -0.272. The number of hydrogen-bond acceptors (Lipinski definition) is 8. The fourth-order valence-corrected chi connectivity index (χ4v) is 3.71. The number of nitrogen functional groups attached to an aromatic ring is 1. The number of Topliss-reactive ketones (excluding diaryl/α,β-unsaturated/α-hetero) is 1. The monoisotopic (exact) mass is 547 g/mol. The molecule has 0 unspecified atom stereocenters. The van der Waals surface area contributed by atoms with Crippen molar-refractivity contribution in [2.75, 3.05) is 33.5 Å². The lowest BCUT2D eigenvalue weighted by Gasteiger charge is -2.19. The van der Waals surface area contributed by atoms with Gasteiger partial charge in [-0.2, -0.15) is 0 Å². The van der Waals surface area contributed by atoms with E-state index < -0.39 is 17.9 Å². The van der Waals surface area contributed by atoms with Gasteiger partial charge in [0.25, 0.3) is 5.91 Å². The van der Waals surface area contributed by atoms with Crippen LogP contribution in [-0.4, -0.2) is 63.1 Å². The van der Waals surface area contributed by atoms with Gasteiger partial charge in [-0.15, -0.1) is 0 Å². The standard InChI is InChI=1S/C30H33N3O7/c1-3-38-27(34)19-40-25-14-10-21(11-15-25)28(35)26(18-20-4-12-24(13-5-20)39-17-16-37-2)33-30(36)23-8-6-22(7-9-23)29(31)32/h4-15,26H,3,16-19H2,1-2H3,(H3,31,32)(H,33,36)/t26-/m0/s1. The third-order valence-electron chi connectivity index (χ3n) is 5.80. The van der Waals surface area contributed by atoms with Crippen LogP contribution in [0.25, 0.3) is 0 Å². The zero-order valence-electron chi connectivity index (χ0n) is 22.5. The van der Waals surface area contributed by atoms with Crippen LogP contribution in [0.1, 0.15) is 38.8 Å². The largest absolute Gasteiger partial charge is 0.491 e. The fourth-order valence-electron chi connectivity index (χ4n) is 3.71. The molecule has 0 saturated carbocycles. The summed E-state index contributed by atoms with van der Waals surface area (Å²) in [6.45, 7) is 2.60. The molecule has 0 heterocycles. The number of benzene rings is 3. The van der Waals surface area contributed by atoms with E-state index in [9.17, 15) is 14.4 Å². The van der Waals surface area contributed by atoms with Crippen LogP contribution in [0.3, 0.4) is 0 Å². The Morgan fingerprint density at radius 1 is 0.825 bits per heavy atom. The Morgan fingerprint density at radius 2 is 1.40 bits per heavy atom. The SMILES string of the molecule is CCOC(=O)COc1ccc(C(=O)[C@H](Cc2ccc(OCCOC)cc2)NC(=O)c2ccc(C(=N)N)cc2)cc1. The number of ketones is 1. The molecule has 3 rings (SSSR count). The van der Waals surface area contributed by atoms with Crippen molar-refractivity contribution >= 4 is 23.5 Å².